The fraction of sp³-hybridized carbons (Fsp3) is 0.714. The van der Waals surface area contributed by atoms with Gasteiger partial charge in [-0.3, -0.25) is 0 Å². The Morgan fingerprint density at radius 3 is 2.24 bits per heavy atom. The highest BCUT2D eigenvalue weighted by atomic mass is 15.2. The summed E-state index contributed by atoms with van der Waals surface area (Å²) in [5, 5.41) is 3.52. The molecule has 0 aromatic heterocycles. The number of amidine groups is 1. The molecule has 0 aromatic carbocycles. The Labute approximate surface area is 104 Å². The zero-order valence-corrected chi connectivity index (χ0v) is 11.7. The number of nitrogens with zero attached hydrogens (tertiary/aromatic N) is 2. The second-order valence-corrected chi connectivity index (χ2v) is 6.98. The van der Waals surface area contributed by atoms with Crippen LogP contribution in [0.5, 0.6) is 0 Å². The maximum Gasteiger partial charge on any atom is 0.132 e. The molecule has 2 heterocycles. The van der Waals surface area contributed by atoms with Crippen molar-refractivity contribution in [1.82, 2.24) is 5.32 Å². The maximum absolute atomic E-state index is 4.73. The molecule has 0 aliphatic carbocycles. The maximum atomic E-state index is 4.73. The summed E-state index contributed by atoms with van der Waals surface area (Å²) in [5.41, 5.74) is 1.45. The number of hydrogen-bond donors (Lipinski definition) is 1. The molecule has 0 saturated carbocycles. The zero-order chi connectivity index (χ0) is 12.8. The van der Waals surface area contributed by atoms with E-state index in [9.17, 15) is 0 Å². The van der Waals surface area contributed by atoms with E-state index in [1.54, 1.807) is 0 Å². The Hall–Kier alpha value is -1.12. The van der Waals surface area contributed by atoms with Crippen molar-refractivity contribution < 1.29 is 0 Å². The lowest BCUT2D eigenvalue weighted by molar-refractivity contribution is 0.445. The van der Waals surface area contributed by atoms with Crippen LogP contribution in [0.2, 0.25) is 0 Å². The lowest BCUT2D eigenvalue weighted by atomic mass is 9.91. The SMILES string of the molecule is CC(C)(C)C1=CC2C=NC(C(C)(C)C)=NC2N1. The van der Waals surface area contributed by atoms with Crippen LogP contribution in [0.3, 0.4) is 0 Å². The van der Waals surface area contributed by atoms with E-state index in [1.165, 1.54) is 5.70 Å². The molecule has 2 aliphatic rings. The first kappa shape index (κ1) is 12.3. The third-order valence-corrected chi connectivity index (χ3v) is 3.14. The smallest absolute Gasteiger partial charge is 0.132 e. The fourth-order valence-corrected chi connectivity index (χ4v) is 2.01. The predicted octanol–water partition coefficient (Wildman–Crippen LogP) is 2.99. The highest BCUT2D eigenvalue weighted by Gasteiger charge is 2.34. The Morgan fingerprint density at radius 1 is 1.06 bits per heavy atom. The van der Waals surface area contributed by atoms with Crippen LogP contribution < -0.4 is 5.32 Å². The van der Waals surface area contributed by atoms with Crippen LogP contribution in [0.25, 0.3) is 0 Å². The Balaban J connectivity index is 2.21. The molecule has 94 valence electrons. The van der Waals surface area contributed by atoms with E-state index in [1.807, 2.05) is 6.21 Å². The summed E-state index contributed by atoms with van der Waals surface area (Å²) in [5.74, 6) is 1.25. The highest BCUT2D eigenvalue weighted by molar-refractivity contribution is 5.96. The van der Waals surface area contributed by atoms with Crippen molar-refractivity contribution in [3.8, 4) is 0 Å². The highest BCUT2D eigenvalue weighted by Crippen LogP contribution is 2.32. The van der Waals surface area contributed by atoms with Crippen molar-refractivity contribution >= 4 is 12.1 Å². The van der Waals surface area contributed by atoms with Crippen molar-refractivity contribution in [1.29, 1.82) is 0 Å². The summed E-state index contributed by atoms with van der Waals surface area (Å²) >= 11 is 0. The predicted molar refractivity (Wildman–Crippen MR) is 73.3 cm³/mol. The molecule has 2 atom stereocenters. The van der Waals surface area contributed by atoms with Crippen molar-refractivity contribution in [3.05, 3.63) is 11.8 Å². The van der Waals surface area contributed by atoms with Crippen LogP contribution in [-0.2, 0) is 0 Å². The molecule has 2 unspecified atom stereocenters. The number of fused-ring (bicyclic) bond motifs is 1. The van der Waals surface area contributed by atoms with Gasteiger partial charge in [-0.2, -0.15) is 0 Å². The molecule has 0 saturated heterocycles. The lowest BCUT2D eigenvalue weighted by Crippen LogP contribution is -2.36. The monoisotopic (exact) mass is 233 g/mol. The van der Waals surface area contributed by atoms with Gasteiger partial charge in [-0.1, -0.05) is 47.6 Å². The van der Waals surface area contributed by atoms with Gasteiger partial charge in [0.25, 0.3) is 0 Å². The first-order valence-corrected chi connectivity index (χ1v) is 6.29. The first-order chi connectivity index (χ1) is 7.68. The van der Waals surface area contributed by atoms with Crippen LogP contribution in [0.1, 0.15) is 41.5 Å². The lowest BCUT2D eigenvalue weighted by Gasteiger charge is -2.26. The minimum absolute atomic E-state index is 0.0215. The summed E-state index contributed by atoms with van der Waals surface area (Å²) in [6.45, 7) is 13.1. The number of allylic oxidation sites excluding steroid dienone is 1. The van der Waals surface area contributed by atoms with Crippen molar-refractivity contribution in [2.24, 2.45) is 26.7 Å². The van der Waals surface area contributed by atoms with Gasteiger partial charge in [-0.05, 0) is 0 Å². The molecule has 3 heteroatoms. The minimum Gasteiger partial charge on any atom is -0.366 e. The van der Waals surface area contributed by atoms with Gasteiger partial charge >= 0.3 is 0 Å². The molecule has 0 bridgehead atoms. The molecule has 1 N–H and O–H groups in total. The van der Waals surface area contributed by atoms with Crippen LogP contribution in [0.4, 0.5) is 0 Å². The number of nitrogens with one attached hydrogen (secondary N) is 1. The van der Waals surface area contributed by atoms with Gasteiger partial charge in [0.2, 0.25) is 0 Å². The topological polar surface area (TPSA) is 36.8 Å². The standard InChI is InChI=1S/C14H23N3/c1-13(2,3)10-7-9-8-15-12(14(4,5)6)17-11(9)16-10/h7-9,11,16H,1-6H3. The van der Waals surface area contributed by atoms with Gasteiger partial charge < -0.3 is 5.32 Å². The molecule has 3 nitrogen and oxygen atoms in total. The summed E-state index contributed by atoms with van der Waals surface area (Å²) in [6, 6.07) is 0. The number of aliphatic imine (C=N–C) groups is 2. The summed E-state index contributed by atoms with van der Waals surface area (Å²) < 4.78 is 0. The average molecular weight is 233 g/mol. The second-order valence-electron chi connectivity index (χ2n) is 6.98. The minimum atomic E-state index is 0.0215. The Bertz CT molecular complexity index is 402. The van der Waals surface area contributed by atoms with Gasteiger partial charge in [-0.15, -0.1) is 0 Å². The fourth-order valence-electron chi connectivity index (χ4n) is 2.01. The van der Waals surface area contributed by atoms with E-state index < -0.39 is 0 Å². The van der Waals surface area contributed by atoms with Gasteiger partial charge in [-0.25, -0.2) is 9.98 Å². The van der Waals surface area contributed by atoms with E-state index in [0.29, 0.717) is 5.92 Å². The molecule has 0 fully saturated rings. The summed E-state index contributed by atoms with van der Waals surface area (Å²) in [7, 11) is 0. The quantitative estimate of drug-likeness (QED) is 0.686. The van der Waals surface area contributed by atoms with Crippen molar-refractivity contribution in [2.45, 2.75) is 47.7 Å². The van der Waals surface area contributed by atoms with Crippen LogP contribution in [0.15, 0.2) is 21.8 Å². The largest absolute Gasteiger partial charge is 0.366 e. The van der Waals surface area contributed by atoms with Gasteiger partial charge in [0.1, 0.15) is 12.0 Å². The van der Waals surface area contributed by atoms with E-state index in [2.05, 4.69) is 57.9 Å². The van der Waals surface area contributed by atoms with Crippen LogP contribution in [-0.4, -0.2) is 18.2 Å². The zero-order valence-electron chi connectivity index (χ0n) is 11.7. The van der Waals surface area contributed by atoms with Gasteiger partial charge in [0.15, 0.2) is 0 Å². The summed E-state index contributed by atoms with van der Waals surface area (Å²) in [6.07, 6.45) is 4.44. The van der Waals surface area contributed by atoms with Crippen LogP contribution >= 0.6 is 0 Å². The molecular weight excluding hydrogens is 210 g/mol. The van der Waals surface area contributed by atoms with Crippen molar-refractivity contribution in [2.75, 3.05) is 0 Å². The Kier molecular flexibility index (Phi) is 2.68. The van der Waals surface area contributed by atoms with E-state index in [0.717, 1.165) is 5.84 Å². The molecule has 2 rings (SSSR count). The molecular formula is C14H23N3. The second kappa shape index (κ2) is 3.69. The first-order valence-electron chi connectivity index (χ1n) is 6.29. The number of hydrogen-bond acceptors (Lipinski definition) is 3. The molecule has 0 radical (unpaired) electrons. The van der Waals surface area contributed by atoms with Gasteiger partial charge in [0.05, 0.1) is 5.92 Å². The molecule has 0 aromatic rings. The van der Waals surface area contributed by atoms with E-state index >= 15 is 0 Å². The molecule has 17 heavy (non-hydrogen) atoms. The van der Waals surface area contributed by atoms with E-state index in [-0.39, 0.29) is 17.0 Å². The summed E-state index contributed by atoms with van der Waals surface area (Å²) in [4.78, 5) is 9.23. The van der Waals surface area contributed by atoms with E-state index in [4.69, 9.17) is 4.99 Å². The average Bonchev–Trinajstić information content (AvgIpc) is 2.57. The molecule has 0 spiro atoms. The molecule has 2 aliphatic heterocycles. The third kappa shape index (κ3) is 2.43. The van der Waals surface area contributed by atoms with Gasteiger partial charge in [0, 0.05) is 22.7 Å². The number of rotatable bonds is 0. The van der Waals surface area contributed by atoms with Crippen molar-refractivity contribution in [3.63, 3.8) is 0 Å². The Morgan fingerprint density at radius 2 is 1.71 bits per heavy atom. The van der Waals surface area contributed by atoms with Crippen LogP contribution in [0, 0.1) is 16.7 Å². The molecule has 0 amide bonds. The normalized spacial score (nSPS) is 28.4. The third-order valence-electron chi connectivity index (χ3n) is 3.14.